The Hall–Kier alpha value is -3.93. The van der Waals surface area contributed by atoms with Crippen LogP contribution in [0.4, 0.5) is 0 Å². The molecule has 33 heavy (non-hydrogen) atoms. The van der Waals surface area contributed by atoms with Crippen LogP contribution in [0.1, 0.15) is 42.1 Å². The topological polar surface area (TPSA) is 79.7 Å². The first-order chi connectivity index (χ1) is 15.9. The number of aromatic nitrogens is 1. The molecule has 1 N–H and O–H groups in total. The first-order valence-electron chi connectivity index (χ1n) is 10.9. The van der Waals surface area contributed by atoms with Gasteiger partial charge in [0.05, 0.1) is 17.7 Å². The molecule has 0 radical (unpaired) electrons. The Labute approximate surface area is 193 Å². The van der Waals surface area contributed by atoms with Gasteiger partial charge >= 0.3 is 0 Å². The maximum absolute atomic E-state index is 13.2. The van der Waals surface area contributed by atoms with Crippen LogP contribution in [-0.4, -0.2) is 32.8 Å². The molecule has 1 aliphatic rings. The van der Waals surface area contributed by atoms with E-state index < -0.39 is 17.7 Å². The predicted molar refractivity (Wildman–Crippen MR) is 125 cm³/mol. The Balaban J connectivity index is 1.86. The highest BCUT2D eigenvalue weighted by Gasteiger charge is 2.46. The van der Waals surface area contributed by atoms with Crippen LogP contribution in [0.3, 0.4) is 0 Å². The Morgan fingerprint density at radius 1 is 1.09 bits per heavy atom. The lowest BCUT2D eigenvalue weighted by Crippen LogP contribution is -2.29. The summed E-state index contributed by atoms with van der Waals surface area (Å²) in [6.07, 6.45) is 3.28. The van der Waals surface area contributed by atoms with E-state index in [1.54, 1.807) is 42.7 Å². The standard InChI is InChI=1S/C27H26N2O4/c1-17(2)33-21-11-6-10-20(14-21)25(30)23-24(22-12-5-4-8-18(22)3)29(27(32)26(23)31)16-19-9-7-13-28-15-19/h4-15,17,24,30H,16H2,1-3H3/b25-23+. The van der Waals surface area contributed by atoms with E-state index in [2.05, 4.69) is 4.98 Å². The number of aryl methyl sites for hydroxylation is 1. The second-order valence-electron chi connectivity index (χ2n) is 8.34. The zero-order valence-corrected chi connectivity index (χ0v) is 18.9. The second-order valence-corrected chi connectivity index (χ2v) is 8.34. The van der Waals surface area contributed by atoms with Crippen molar-refractivity contribution in [2.24, 2.45) is 0 Å². The normalized spacial score (nSPS) is 17.6. The molecule has 4 rings (SSSR count). The van der Waals surface area contributed by atoms with Crippen molar-refractivity contribution in [3.05, 3.63) is 101 Å². The largest absolute Gasteiger partial charge is 0.507 e. The van der Waals surface area contributed by atoms with Crippen molar-refractivity contribution in [3.63, 3.8) is 0 Å². The fourth-order valence-electron chi connectivity index (χ4n) is 4.09. The van der Waals surface area contributed by atoms with Gasteiger partial charge in [0.15, 0.2) is 0 Å². The number of benzene rings is 2. The molecule has 2 aromatic carbocycles. The summed E-state index contributed by atoms with van der Waals surface area (Å²) in [6, 6.07) is 17.4. The minimum Gasteiger partial charge on any atom is -0.507 e. The molecule has 1 aliphatic heterocycles. The molecule has 0 aliphatic carbocycles. The molecule has 0 saturated carbocycles. The summed E-state index contributed by atoms with van der Waals surface area (Å²) in [4.78, 5) is 32.0. The summed E-state index contributed by atoms with van der Waals surface area (Å²) in [5.74, 6) is -1.00. The van der Waals surface area contributed by atoms with Gasteiger partial charge in [0.1, 0.15) is 11.5 Å². The number of hydrogen-bond donors (Lipinski definition) is 1. The van der Waals surface area contributed by atoms with Crippen molar-refractivity contribution >= 4 is 17.4 Å². The van der Waals surface area contributed by atoms with Crippen molar-refractivity contribution < 1.29 is 19.4 Å². The van der Waals surface area contributed by atoms with Crippen LogP contribution in [0.25, 0.3) is 5.76 Å². The van der Waals surface area contributed by atoms with Crippen molar-refractivity contribution in [1.29, 1.82) is 0 Å². The number of aliphatic hydroxyl groups excluding tert-OH is 1. The van der Waals surface area contributed by atoms with E-state index in [1.807, 2.05) is 51.1 Å². The second kappa shape index (κ2) is 9.28. The Kier molecular flexibility index (Phi) is 6.27. The molecule has 1 amide bonds. The summed E-state index contributed by atoms with van der Waals surface area (Å²) in [5.41, 5.74) is 3.00. The summed E-state index contributed by atoms with van der Waals surface area (Å²) >= 11 is 0. The molecule has 1 fully saturated rings. The third-order valence-corrected chi connectivity index (χ3v) is 5.58. The monoisotopic (exact) mass is 442 g/mol. The fraction of sp³-hybridized carbons (Fsp3) is 0.222. The van der Waals surface area contributed by atoms with E-state index in [1.165, 1.54) is 4.90 Å². The smallest absolute Gasteiger partial charge is 0.295 e. The van der Waals surface area contributed by atoms with E-state index in [-0.39, 0.29) is 24.0 Å². The molecule has 6 heteroatoms. The highest BCUT2D eigenvalue weighted by atomic mass is 16.5. The van der Waals surface area contributed by atoms with Crippen molar-refractivity contribution in [2.45, 2.75) is 39.5 Å². The van der Waals surface area contributed by atoms with Crippen LogP contribution in [0.5, 0.6) is 5.75 Å². The lowest BCUT2D eigenvalue weighted by atomic mass is 9.92. The molecule has 0 bridgehead atoms. The maximum Gasteiger partial charge on any atom is 0.295 e. The lowest BCUT2D eigenvalue weighted by Gasteiger charge is -2.26. The van der Waals surface area contributed by atoms with Gasteiger partial charge in [0.2, 0.25) is 0 Å². The van der Waals surface area contributed by atoms with Gasteiger partial charge in [-0.2, -0.15) is 0 Å². The molecule has 6 nitrogen and oxygen atoms in total. The third kappa shape index (κ3) is 4.51. The molecule has 3 aromatic rings. The van der Waals surface area contributed by atoms with Crippen LogP contribution in [0, 0.1) is 6.92 Å². The van der Waals surface area contributed by atoms with E-state index in [0.717, 1.165) is 16.7 Å². The summed E-state index contributed by atoms with van der Waals surface area (Å²) in [6.45, 7) is 5.95. The van der Waals surface area contributed by atoms with Crippen LogP contribution in [0.15, 0.2) is 78.6 Å². The lowest BCUT2D eigenvalue weighted by molar-refractivity contribution is -0.140. The molecule has 0 spiro atoms. The van der Waals surface area contributed by atoms with Crippen molar-refractivity contribution in [2.75, 3.05) is 0 Å². The molecule has 168 valence electrons. The van der Waals surface area contributed by atoms with E-state index in [4.69, 9.17) is 4.74 Å². The third-order valence-electron chi connectivity index (χ3n) is 5.58. The average molecular weight is 443 g/mol. The highest BCUT2D eigenvalue weighted by Crippen LogP contribution is 2.41. The van der Waals surface area contributed by atoms with Gasteiger partial charge in [-0.25, -0.2) is 0 Å². The van der Waals surface area contributed by atoms with Crippen LogP contribution < -0.4 is 4.74 Å². The van der Waals surface area contributed by atoms with Gasteiger partial charge in [-0.3, -0.25) is 14.6 Å². The van der Waals surface area contributed by atoms with Crippen molar-refractivity contribution in [3.8, 4) is 5.75 Å². The Morgan fingerprint density at radius 2 is 1.88 bits per heavy atom. The molecule has 1 saturated heterocycles. The molecule has 1 unspecified atom stereocenters. The molecule has 1 aromatic heterocycles. The van der Waals surface area contributed by atoms with E-state index in [0.29, 0.717) is 11.3 Å². The number of pyridine rings is 1. The summed E-state index contributed by atoms with van der Waals surface area (Å²) < 4.78 is 5.74. The van der Waals surface area contributed by atoms with Gasteiger partial charge in [-0.1, -0.05) is 42.5 Å². The van der Waals surface area contributed by atoms with Crippen LogP contribution in [-0.2, 0) is 16.1 Å². The molecule has 2 heterocycles. The number of carbonyl (C=O) groups excluding carboxylic acids is 2. The number of amides is 1. The SMILES string of the molecule is Cc1ccccc1C1/C(=C(\O)c2cccc(OC(C)C)c2)C(=O)C(=O)N1Cc1cccnc1. The van der Waals surface area contributed by atoms with Crippen molar-refractivity contribution in [1.82, 2.24) is 9.88 Å². The quantitative estimate of drug-likeness (QED) is 0.337. The number of rotatable bonds is 6. The van der Waals surface area contributed by atoms with Gasteiger partial charge in [-0.05, 0) is 55.7 Å². The van der Waals surface area contributed by atoms with Gasteiger partial charge in [0.25, 0.3) is 11.7 Å². The number of hydrogen-bond acceptors (Lipinski definition) is 5. The Bertz CT molecular complexity index is 1220. The minimum absolute atomic E-state index is 0.0422. The van der Waals surface area contributed by atoms with Gasteiger partial charge in [-0.15, -0.1) is 0 Å². The summed E-state index contributed by atoms with van der Waals surface area (Å²) in [5, 5.41) is 11.3. The zero-order chi connectivity index (χ0) is 23.5. The molecule has 1 atom stereocenters. The van der Waals surface area contributed by atoms with Gasteiger partial charge < -0.3 is 14.7 Å². The number of Topliss-reactive ketones (excluding diaryl/α,β-unsaturated/α-hetero) is 1. The summed E-state index contributed by atoms with van der Waals surface area (Å²) in [7, 11) is 0. The number of likely N-dealkylation sites (tertiary alicyclic amines) is 1. The number of carbonyl (C=O) groups is 2. The van der Waals surface area contributed by atoms with E-state index >= 15 is 0 Å². The molecular formula is C27H26N2O4. The van der Waals surface area contributed by atoms with Crippen LogP contribution in [0.2, 0.25) is 0 Å². The Morgan fingerprint density at radius 3 is 2.58 bits per heavy atom. The number of ether oxygens (including phenoxy) is 1. The first kappa shape index (κ1) is 22.3. The molecular weight excluding hydrogens is 416 g/mol. The number of aliphatic hydroxyl groups is 1. The first-order valence-corrected chi connectivity index (χ1v) is 10.9. The zero-order valence-electron chi connectivity index (χ0n) is 18.9. The predicted octanol–water partition coefficient (Wildman–Crippen LogP) is 4.80. The highest BCUT2D eigenvalue weighted by molar-refractivity contribution is 6.46. The minimum atomic E-state index is -0.721. The maximum atomic E-state index is 13.2. The number of ketones is 1. The van der Waals surface area contributed by atoms with E-state index in [9.17, 15) is 14.7 Å². The average Bonchev–Trinajstić information content (AvgIpc) is 3.04. The number of nitrogens with zero attached hydrogens (tertiary/aromatic N) is 2. The fourth-order valence-corrected chi connectivity index (χ4v) is 4.09. The van der Waals surface area contributed by atoms with Gasteiger partial charge in [0, 0.05) is 24.5 Å². The van der Waals surface area contributed by atoms with Crippen LogP contribution >= 0.6 is 0 Å².